The first-order valence-electron chi connectivity index (χ1n) is 7.46. The van der Waals surface area contributed by atoms with E-state index in [2.05, 4.69) is 25.1 Å². The molecule has 0 atom stereocenters. The molecule has 0 saturated carbocycles. The Kier molecular flexibility index (Phi) is 3.71. The zero-order valence-electron chi connectivity index (χ0n) is 13.1. The molecule has 0 N–H and O–H groups in total. The van der Waals surface area contributed by atoms with Gasteiger partial charge in [-0.25, -0.2) is 9.97 Å². The Morgan fingerprint density at radius 1 is 1.04 bits per heavy atom. The minimum absolute atomic E-state index is 0.287. The number of hydrogen-bond donors (Lipinski definition) is 0. The Hall–Kier alpha value is -2.50. The van der Waals surface area contributed by atoms with Crippen LogP contribution in [-0.2, 0) is 13.2 Å². The molecule has 0 aliphatic carbocycles. The molecule has 25 heavy (non-hydrogen) atoms. The number of piperazine rings is 1. The predicted octanol–water partition coefficient (Wildman–Crippen LogP) is 1.56. The number of rotatable bonds is 2. The minimum Gasteiger partial charge on any atom is -0.343 e. The highest BCUT2D eigenvalue weighted by Crippen LogP contribution is 2.34. The summed E-state index contributed by atoms with van der Waals surface area (Å²) in [5, 5.41) is 6.26. The summed E-state index contributed by atoms with van der Waals surface area (Å²) in [5.41, 5.74) is 1.46. The van der Waals surface area contributed by atoms with Gasteiger partial charge in [-0.1, -0.05) is 11.3 Å². The van der Waals surface area contributed by atoms with E-state index in [1.54, 1.807) is 17.4 Å². The first-order valence-corrected chi connectivity index (χ1v) is 8.28. The van der Waals surface area contributed by atoms with E-state index in [1.165, 1.54) is 0 Å². The maximum atomic E-state index is 12.6. The summed E-state index contributed by atoms with van der Waals surface area (Å²) >= 11 is 0.566. The van der Waals surface area contributed by atoms with Crippen molar-refractivity contribution < 1.29 is 13.2 Å². The van der Waals surface area contributed by atoms with Crippen LogP contribution in [0.2, 0.25) is 0 Å². The van der Waals surface area contributed by atoms with Crippen molar-refractivity contribution in [2.24, 2.45) is 7.05 Å². The molecule has 132 valence electrons. The van der Waals surface area contributed by atoms with E-state index in [9.17, 15) is 13.2 Å². The second-order valence-corrected chi connectivity index (χ2v) is 6.55. The van der Waals surface area contributed by atoms with Crippen molar-refractivity contribution in [3.63, 3.8) is 0 Å². The molecule has 0 bridgehead atoms. The van der Waals surface area contributed by atoms with Crippen LogP contribution in [-0.4, -0.2) is 55.9 Å². The van der Waals surface area contributed by atoms with Crippen molar-refractivity contribution in [2.75, 3.05) is 36.0 Å². The maximum Gasteiger partial charge on any atom is 0.445 e. The van der Waals surface area contributed by atoms with E-state index < -0.39 is 11.2 Å². The van der Waals surface area contributed by atoms with E-state index in [0.29, 0.717) is 43.5 Å². The number of imidazole rings is 1. The average Bonchev–Trinajstić information content (AvgIpc) is 3.22. The van der Waals surface area contributed by atoms with E-state index in [0.717, 1.165) is 11.2 Å². The second-order valence-electron chi connectivity index (χ2n) is 5.60. The highest BCUT2D eigenvalue weighted by Gasteiger charge is 2.36. The Balaban J connectivity index is 1.47. The quantitative estimate of drug-likeness (QED) is 0.678. The molecule has 1 fully saturated rings. The van der Waals surface area contributed by atoms with Crippen molar-refractivity contribution in [2.45, 2.75) is 6.18 Å². The minimum atomic E-state index is -4.45. The standard InChI is InChI=1S/C13H13F3N8S/c1-22-7-18-8-6-17-11(19-9(8)22)23-2-4-24(5-3-23)12-21-20-10(25-12)13(14,15)16/h6-7H,2-5H2,1H3. The number of fused-ring (bicyclic) bond motifs is 1. The highest BCUT2D eigenvalue weighted by atomic mass is 32.1. The Bertz CT molecular complexity index is 896. The summed E-state index contributed by atoms with van der Waals surface area (Å²) in [7, 11) is 1.86. The fourth-order valence-electron chi connectivity index (χ4n) is 2.62. The number of alkyl halides is 3. The summed E-state index contributed by atoms with van der Waals surface area (Å²) in [6.45, 7) is 2.23. The fourth-order valence-corrected chi connectivity index (χ4v) is 3.38. The SMILES string of the molecule is Cn1cnc2cnc(N3CCN(c4nnc(C(F)(F)F)s4)CC3)nc21. The lowest BCUT2D eigenvalue weighted by Crippen LogP contribution is -2.47. The third kappa shape index (κ3) is 2.97. The van der Waals surface area contributed by atoms with Gasteiger partial charge >= 0.3 is 6.18 Å². The molecule has 0 amide bonds. The van der Waals surface area contributed by atoms with Crippen molar-refractivity contribution >= 4 is 33.6 Å². The molecule has 8 nitrogen and oxygen atoms in total. The molecule has 0 aromatic carbocycles. The Morgan fingerprint density at radius 3 is 2.44 bits per heavy atom. The molecule has 0 unspecified atom stereocenters. The molecule has 1 saturated heterocycles. The fraction of sp³-hybridized carbons (Fsp3) is 0.462. The Labute approximate surface area is 143 Å². The molecule has 12 heteroatoms. The first kappa shape index (κ1) is 16.0. The number of nitrogens with zero attached hydrogens (tertiary/aromatic N) is 8. The molecule has 1 aliphatic heterocycles. The van der Waals surface area contributed by atoms with Gasteiger partial charge in [0.25, 0.3) is 0 Å². The third-order valence-electron chi connectivity index (χ3n) is 3.93. The van der Waals surface area contributed by atoms with Gasteiger partial charge in [-0.15, -0.1) is 10.2 Å². The van der Waals surface area contributed by atoms with Crippen LogP contribution in [0, 0.1) is 0 Å². The number of anilines is 2. The topological polar surface area (TPSA) is 75.9 Å². The van der Waals surface area contributed by atoms with E-state index in [1.807, 2.05) is 16.5 Å². The van der Waals surface area contributed by atoms with Crippen molar-refractivity contribution in [1.29, 1.82) is 0 Å². The van der Waals surface area contributed by atoms with Crippen LogP contribution in [0.1, 0.15) is 5.01 Å². The third-order valence-corrected chi connectivity index (χ3v) is 4.96. The van der Waals surface area contributed by atoms with Gasteiger partial charge in [-0.05, 0) is 0 Å². The predicted molar refractivity (Wildman–Crippen MR) is 85.6 cm³/mol. The van der Waals surface area contributed by atoms with E-state index in [4.69, 9.17) is 0 Å². The molecule has 1 aliphatic rings. The van der Waals surface area contributed by atoms with Gasteiger partial charge in [-0.3, -0.25) is 0 Å². The van der Waals surface area contributed by atoms with Gasteiger partial charge in [-0.2, -0.15) is 18.2 Å². The lowest BCUT2D eigenvalue weighted by Gasteiger charge is -2.34. The lowest BCUT2D eigenvalue weighted by atomic mass is 10.3. The zero-order valence-corrected chi connectivity index (χ0v) is 13.9. The molecule has 0 radical (unpaired) electrons. The second kappa shape index (κ2) is 5.79. The molecule has 3 aromatic rings. The van der Waals surface area contributed by atoms with Gasteiger partial charge in [0, 0.05) is 33.2 Å². The van der Waals surface area contributed by atoms with Gasteiger partial charge in [0.05, 0.1) is 12.5 Å². The van der Waals surface area contributed by atoms with Crippen molar-refractivity contribution in [3.8, 4) is 0 Å². The monoisotopic (exact) mass is 370 g/mol. The van der Waals surface area contributed by atoms with Crippen LogP contribution < -0.4 is 9.80 Å². The Morgan fingerprint density at radius 2 is 1.76 bits per heavy atom. The largest absolute Gasteiger partial charge is 0.445 e. The lowest BCUT2D eigenvalue weighted by molar-refractivity contribution is -0.138. The first-order chi connectivity index (χ1) is 11.9. The number of halogens is 3. The highest BCUT2D eigenvalue weighted by molar-refractivity contribution is 7.15. The maximum absolute atomic E-state index is 12.6. The van der Waals surface area contributed by atoms with Crippen molar-refractivity contribution in [1.82, 2.24) is 29.7 Å². The van der Waals surface area contributed by atoms with Gasteiger partial charge in [0.1, 0.15) is 5.52 Å². The van der Waals surface area contributed by atoms with E-state index in [-0.39, 0.29) is 5.13 Å². The van der Waals surface area contributed by atoms with E-state index >= 15 is 0 Å². The molecule has 0 spiro atoms. The van der Waals surface area contributed by atoms with Gasteiger partial charge in [0.2, 0.25) is 16.1 Å². The number of aryl methyl sites for hydroxylation is 1. The summed E-state index contributed by atoms with van der Waals surface area (Å²) in [6.07, 6.45) is -1.11. The average molecular weight is 370 g/mol. The normalized spacial score (nSPS) is 16.0. The van der Waals surface area contributed by atoms with Crippen LogP contribution in [0.3, 0.4) is 0 Å². The van der Waals surface area contributed by atoms with Gasteiger partial charge in [0.15, 0.2) is 5.65 Å². The molecular formula is C13H13F3N8S. The summed E-state index contributed by atoms with van der Waals surface area (Å²) in [5.74, 6) is 0.587. The van der Waals surface area contributed by atoms with Crippen LogP contribution in [0.25, 0.3) is 11.2 Å². The molecular weight excluding hydrogens is 357 g/mol. The van der Waals surface area contributed by atoms with Crippen molar-refractivity contribution in [3.05, 3.63) is 17.5 Å². The molecule has 4 rings (SSSR count). The molecule has 4 heterocycles. The summed E-state index contributed by atoms with van der Waals surface area (Å²) in [4.78, 5) is 16.8. The smallest absolute Gasteiger partial charge is 0.343 e. The summed E-state index contributed by atoms with van der Waals surface area (Å²) in [6, 6.07) is 0. The van der Waals surface area contributed by atoms with Crippen LogP contribution >= 0.6 is 11.3 Å². The van der Waals surface area contributed by atoms with Gasteiger partial charge < -0.3 is 14.4 Å². The summed E-state index contributed by atoms with van der Waals surface area (Å²) < 4.78 is 39.7. The number of hydrogen-bond acceptors (Lipinski definition) is 8. The van der Waals surface area contributed by atoms with Crippen LogP contribution in [0.4, 0.5) is 24.3 Å². The molecule has 3 aromatic heterocycles. The van der Waals surface area contributed by atoms with Crippen LogP contribution in [0.5, 0.6) is 0 Å². The van der Waals surface area contributed by atoms with Crippen LogP contribution in [0.15, 0.2) is 12.5 Å². The number of aromatic nitrogens is 6. The zero-order chi connectivity index (χ0) is 17.6.